The van der Waals surface area contributed by atoms with Crippen molar-refractivity contribution in [2.75, 3.05) is 6.54 Å². The Morgan fingerprint density at radius 1 is 1.25 bits per heavy atom. The zero-order chi connectivity index (χ0) is 15.3. The van der Waals surface area contributed by atoms with Crippen molar-refractivity contribution in [1.82, 2.24) is 5.32 Å². The van der Waals surface area contributed by atoms with Crippen molar-refractivity contribution in [1.29, 1.82) is 0 Å². The number of benzene rings is 1. The molecule has 0 aromatic heterocycles. The molecule has 1 N–H and O–H groups in total. The van der Waals surface area contributed by atoms with Crippen LogP contribution in [0.3, 0.4) is 0 Å². The van der Waals surface area contributed by atoms with Crippen LogP contribution in [0.4, 0.5) is 4.39 Å². The highest BCUT2D eigenvalue weighted by atomic mass is 79.9. The van der Waals surface area contributed by atoms with Crippen molar-refractivity contribution in [3.63, 3.8) is 0 Å². The van der Waals surface area contributed by atoms with Gasteiger partial charge in [0.15, 0.2) is 0 Å². The summed E-state index contributed by atoms with van der Waals surface area (Å²) in [6, 6.07) is 5.20. The summed E-state index contributed by atoms with van der Waals surface area (Å²) in [6.07, 6.45) is 1.89. The Morgan fingerprint density at radius 3 is 2.45 bits per heavy atom. The van der Waals surface area contributed by atoms with Crippen molar-refractivity contribution in [3.8, 4) is 0 Å². The molecule has 1 aromatic carbocycles. The molecule has 0 bridgehead atoms. The first kappa shape index (κ1) is 17.6. The molecule has 1 unspecified atom stereocenters. The highest BCUT2D eigenvalue weighted by Gasteiger charge is 2.17. The van der Waals surface area contributed by atoms with E-state index in [1.807, 2.05) is 6.07 Å². The van der Waals surface area contributed by atoms with Gasteiger partial charge in [0.25, 0.3) is 0 Å². The van der Waals surface area contributed by atoms with Crippen LogP contribution in [0, 0.1) is 17.7 Å². The summed E-state index contributed by atoms with van der Waals surface area (Å²) in [5.41, 5.74) is 0.908. The highest BCUT2D eigenvalue weighted by Crippen LogP contribution is 2.22. The number of hydrogen-bond acceptors (Lipinski definition) is 1. The van der Waals surface area contributed by atoms with Gasteiger partial charge in [-0.3, -0.25) is 0 Å². The summed E-state index contributed by atoms with van der Waals surface area (Å²) >= 11 is 3.43. The van der Waals surface area contributed by atoms with Gasteiger partial charge in [-0.05, 0) is 75.8 Å². The molecular formula is C17H27BrFN. The lowest BCUT2D eigenvalue weighted by molar-refractivity contribution is 0.329. The van der Waals surface area contributed by atoms with Gasteiger partial charge in [0.2, 0.25) is 0 Å². The van der Waals surface area contributed by atoms with Crippen LogP contribution in [0.25, 0.3) is 0 Å². The van der Waals surface area contributed by atoms with E-state index in [0.717, 1.165) is 29.4 Å². The minimum atomic E-state index is -0.0993. The lowest BCUT2D eigenvalue weighted by Gasteiger charge is -2.26. The molecule has 20 heavy (non-hydrogen) atoms. The van der Waals surface area contributed by atoms with E-state index in [1.165, 1.54) is 0 Å². The van der Waals surface area contributed by atoms with Crippen LogP contribution in [-0.2, 0) is 6.42 Å². The zero-order valence-electron chi connectivity index (χ0n) is 13.3. The van der Waals surface area contributed by atoms with E-state index >= 15 is 0 Å². The molecule has 114 valence electrons. The van der Waals surface area contributed by atoms with Crippen LogP contribution in [-0.4, -0.2) is 12.1 Å². The van der Waals surface area contributed by atoms with Gasteiger partial charge in [0, 0.05) is 10.0 Å². The molecule has 0 aliphatic carbocycles. The predicted octanol–water partition coefficient (Wildman–Crippen LogP) is 5.18. The molecular weight excluding hydrogens is 317 g/mol. The van der Waals surface area contributed by atoms with Gasteiger partial charge in [-0.15, -0.1) is 0 Å². The Morgan fingerprint density at radius 2 is 1.90 bits per heavy atom. The second-order valence-electron chi connectivity index (χ2n) is 7.07. The molecule has 1 rings (SSSR count). The third-order valence-corrected chi connectivity index (χ3v) is 3.74. The van der Waals surface area contributed by atoms with Gasteiger partial charge in [-0.1, -0.05) is 29.8 Å². The Kier molecular flexibility index (Phi) is 6.67. The number of rotatable bonds is 6. The quantitative estimate of drug-likeness (QED) is 0.750. The molecule has 0 saturated heterocycles. The SMILES string of the molecule is CC(C)CC(CNC(C)(C)C)Cc1cc(Br)ccc1F. The van der Waals surface area contributed by atoms with Gasteiger partial charge >= 0.3 is 0 Å². The molecule has 0 aliphatic rings. The summed E-state index contributed by atoms with van der Waals surface area (Å²) in [7, 11) is 0. The molecule has 0 saturated carbocycles. The summed E-state index contributed by atoms with van der Waals surface area (Å²) in [5.74, 6) is 0.979. The highest BCUT2D eigenvalue weighted by molar-refractivity contribution is 9.10. The van der Waals surface area contributed by atoms with Crippen molar-refractivity contribution in [2.45, 2.75) is 53.0 Å². The second-order valence-corrected chi connectivity index (χ2v) is 7.98. The fourth-order valence-corrected chi connectivity index (χ4v) is 2.78. The van der Waals surface area contributed by atoms with Gasteiger partial charge in [0.05, 0.1) is 0 Å². The molecule has 0 aliphatic heterocycles. The van der Waals surface area contributed by atoms with Gasteiger partial charge in [-0.25, -0.2) is 4.39 Å². The van der Waals surface area contributed by atoms with Crippen LogP contribution in [0.1, 0.15) is 46.6 Å². The van der Waals surface area contributed by atoms with E-state index in [9.17, 15) is 4.39 Å². The van der Waals surface area contributed by atoms with Crippen LogP contribution in [0.2, 0.25) is 0 Å². The van der Waals surface area contributed by atoms with Crippen molar-refractivity contribution in [3.05, 3.63) is 34.1 Å². The lowest BCUT2D eigenvalue weighted by Crippen LogP contribution is -2.40. The topological polar surface area (TPSA) is 12.0 Å². The summed E-state index contributed by atoms with van der Waals surface area (Å²) in [4.78, 5) is 0. The van der Waals surface area contributed by atoms with Crippen LogP contribution in [0.5, 0.6) is 0 Å². The second kappa shape index (κ2) is 7.56. The van der Waals surface area contributed by atoms with Crippen molar-refractivity contribution >= 4 is 15.9 Å². The molecule has 1 aromatic rings. The standard InChI is InChI=1S/C17H27BrFN/c1-12(2)8-13(11-20-17(3,4)5)9-14-10-15(18)6-7-16(14)19/h6-7,10,12-13,20H,8-9,11H2,1-5H3. The molecule has 0 heterocycles. The first-order valence-corrected chi connectivity index (χ1v) is 8.15. The monoisotopic (exact) mass is 343 g/mol. The molecule has 0 fully saturated rings. The zero-order valence-corrected chi connectivity index (χ0v) is 14.8. The Labute approximate surface area is 131 Å². The Hall–Kier alpha value is -0.410. The molecule has 1 atom stereocenters. The molecule has 0 spiro atoms. The third kappa shape index (κ3) is 6.85. The van der Waals surface area contributed by atoms with Crippen molar-refractivity contribution in [2.24, 2.45) is 11.8 Å². The maximum Gasteiger partial charge on any atom is 0.126 e. The molecule has 1 nitrogen and oxygen atoms in total. The predicted molar refractivity (Wildman–Crippen MR) is 88.5 cm³/mol. The summed E-state index contributed by atoms with van der Waals surface area (Å²) in [6.45, 7) is 11.9. The fourth-order valence-electron chi connectivity index (χ4n) is 2.37. The van der Waals surface area contributed by atoms with Gasteiger partial charge < -0.3 is 5.32 Å². The third-order valence-electron chi connectivity index (χ3n) is 3.24. The van der Waals surface area contributed by atoms with E-state index in [0.29, 0.717) is 11.8 Å². The molecule has 0 radical (unpaired) electrons. The smallest absolute Gasteiger partial charge is 0.126 e. The maximum absolute atomic E-state index is 13.9. The normalized spacial score (nSPS) is 13.8. The van der Waals surface area contributed by atoms with Crippen LogP contribution in [0.15, 0.2) is 22.7 Å². The van der Waals surface area contributed by atoms with E-state index < -0.39 is 0 Å². The Bertz CT molecular complexity index is 423. The Balaban J connectivity index is 2.75. The number of halogens is 2. The van der Waals surface area contributed by atoms with E-state index in [1.54, 1.807) is 12.1 Å². The first-order valence-electron chi connectivity index (χ1n) is 7.36. The first-order chi connectivity index (χ1) is 9.17. The molecule has 0 amide bonds. The van der Waals surface area contributed by atoms with Crippen molar-refractivity contribution < 1.29 is 4.39 Å². The van der Waals surface area contributed by atoms with Crippen LogP contribution >= 0.6 is 15.9 Å². The van der Waals surface area contributed by atoms with E-state index in [4.69, 9.17) is 0 Å². The van der Waals surface area contributed by atoms with Gasteiger partial charge in [0.1, 0.15) is 5.82 Å². The largest absolute Gasteiger partial charge is 0.312 e. The molecule has 3 heteroatoms. The van der Waals surface area contributed by atoms with Gasteiger partial charge in [-0.2, -0.15) is 0 Å². The number of hydrogen-bond donors (Lipinski definition) is 1. The summed E-state index contributed by atoms with van der Waals surface area (Å²) < 4.78 is 14.8. The fraction of sp³-hybridized carbons (Fsp3) is 0.647. The minimum Gasteiger partial charge on any atom is -0.312 e. The maximum atomic E-state index is 13.9. The average molecular weight is 344 g/mol. The van der Waals surface area contributed by atoms with E-state index in [2.05, 4.69) is 55.9 Å². The van der Waals surface area contributed by atoms with Crippen LogP contribution < -0.4 is 5.32 Å². The lowest BCUT2D eigenvalue weighted by atomic mass is 9.90. The average Bonchev–Trinajstić information content (AvgIpc) is 2.29. The summed E-state index contributed by atoms with van der Waals surface area (Å²) in [5, 5.41) is 3.55. The van der Waals surface area contributed by atoms with E-state index in [-0.39, 0.29) is 11.4 Å². The number of nitrogens with one attached hydrogen (secondary N) is 1. The minimum absolute atomic E-state index is 0.0993.